The summed E-state index contributed by atoms with van der Waals surface area (Å²) in [5.74, 6) is -1.51. The molecule has 0 saturated carbocycles. The highest BCUT2D eigenvalue weighted by Gasteiger charge is 2.27. The fourth-order valence-electron chi connectivity index (χ4n) is 3.31. The molecule has 2 aromatic heterocycles. The van der Waals surface area contributed by atoms with Crippen LogP contribution in [0.2, 0.25) is 5.02 Å². The SMILES string of the molecule is C=CCn1c(COc2ccc(F)cc2Cl)nnc1SCC(=O)Nc1sc(C(=O)OCC)c(C)c1C(=O)OCC. The number of amides is 1. The maximum Gasteiger partial charge on any atom is 0.348 e. The van der Waals surface area contributed by atoms with Gasteiger partial charge in [0, 0.05) is 6.54 Å². The Morgan fingerprint density at radius 1 is 1.21 bits per heavy atom. The van der Waals surface area contributed by atoms with Crippen molar-refractivity contribution in [1.29, 1.82) is 0 Å². The second kappa shape index (κ2) is 14.1. The van der Waals surface area contributed by atoms with Crippen LogP contribution < -0.4 is 10.1 Å². The molecule has 1 N–H and O–H groups in total. The van der Waals surface area contributed by atoms with E-state index >= 15 is 0 Å². The van der Waals surface area contributed by atoms with E-state index in [1.54, 1.807) is 31.4 Å². The number of hydrogen-bond acceptors (Lipinski definition) is 10. The predicted octanol–water partition coefficient (Wildman–Crippen LogP) is 5.29. The fraction of sp³-hybridized carbons (Fsp3) is 0.320. The average molecular weight is 597 g/mol. The summed E-state index contributed by atoms with van der Waals surface area (Å²) in [5, 5.41) is 11.7. The van der Waals surface area contributed by atoms with Crippen molar-refractivity contribution in [3.8, 4) is 5.75 Å². The Bertz CT molecular complexity index is 1380. The minimum absolute atomic E-state index is 0.00699. The second-order valence-corrected chi connectivity index (χ2v) is 10.1. The van der Waals surface area contributed by atoms with Crippen molar-refractivity contribution in [2.24, 2.45) is 0 Å². The lowest BCUT2D eigenvalue weighted by molar-refractivity contribution is -0.113. The van der Waals surface area contributed by atoms with Gasteiger partial charge in [-0.3, -0.25) is 9.36 Å². The molecule has 0 radical (unpaired) electrons. The zero-order valence-electron chi connectivity index (χ0n) is 21.4. The molecule has 0 fully saturated rings. The molecule has 3 aromatic rings. The van der Waals surface area contributed by atoms with Crippen LogP contribution in [0.25, 0.3) is 0 Å². The molecule has 3 rings (SSSR count). The molecule has 39 heavy (non-hydrogen) atoms. The number of thioether (sulfide) groups is 1. The Morgan fingerprint density at radius 3 is 2.59 bits per heavy atom. The van der Waals surface area contributed by atoms with Crippen LogP contribution >= 0.6 is 34.7 Å². The van der Waals surface area contributed by atoms with Gasteiger partial charge in [0.15, 0.2) is 11.0 Å². The van der Waals surface area contributed by atoms with E-state index in [1.807, 2.05) is 0 Å². The van der Waals surface area contributed by atoms with Gasteiger partial charge in [0.2, 0.25) is 5.91 Å². The van der Waals surface area contributed by atoms with Gasteiger partial charge in [0.1, 0.15) is 28.1 Å². The molecule has 14 heteroatoms. The Morgan fingerprint density at radius 2 is 1.92 bits per heavy atom. The maximum atomic E-state index is 13.3. The molecule has 208 valence electrons. The molecule has 0 saturated heterocycles. The Balaban J connectivity index is 1.73. The molecular formula is C25H26ClFN4O6S2. The van der Waals surface area contributed by atoms with Crippen LogP contribution in [0.5, 0.6) is 5.75 Å². The first kappa shape index (κ1) is 30.1. The lowest BCUT2D eigenvalue weighted by atomic mass is 10.1. The first-order valence-electron chi connectivity index (χ1n) is 11.7. The number of rotatable bonds is 13. The summed E-state index contributed by atoms with van der Waals surface area (Å²) >= 11 is 8.07. The van der Waals surface area contributed by atoms with Crippen molar-refractivity contribution in [2.45, 2.75) is 39.1 Å². The zero-order chi connectivity index (χ0) is 28.5. The number of halogens is 2. The molecule has 1 aromatic carbocycles. The second-order valence-electron chi connectivity index (χ2n) is 7.70. The minimum atomic E-state index is -0.652. The van der Waals surface area contributed by atoms with Gasteiger partial charge in [-0.15, -0.1) is 28.1 Å². The van der Waals surface area contributed by atoms with E-state index in [-0.39, 0.29) is 51.8 Å². The summed E-state index contributed by atoms with van der Waals surface area (Å²) < 4.78 is 30.9. The van der Waals surface area contributed by atoms with E-state index in [0.29, 0.717) is 23.1 Å². The number of thiophene rings is 1. The van der Waals surface area contributed by atoms with E-state index in [4.69, 9.17) is 25.8 Å². The first-order chi connectivity index (χ1) is 18.7. The number of allylic oxidation sites excluding steroid dienone is 1. The maximum absolute atomic E-state index is 13.3. The van der Waals surface area contributed by atoms with Crippen LogP contribution in [-0.4, -0.2) is 51.6 Å². The van der Waals surface area contributed by atoms with Gasteiger partial charge in [-0.05, 0) is 44.5 Å². The van der Waals surface area contributed by atoms with Gasteiger partial charge in [0.05, 0.1) is 29.6 Å². The summed E-state index contributed by atoms with van der Waals surface area (Å²) in [6, 6.07) is 3.78. The largest absolute Gasteiger partial charge is 0.484 e. The van der Waals surface area contributed by atoms with E-state index in [2.05, 4.69) is 22.1 Å². The number of aromatic nitrogens is 3. The minimum Gasteiger partial charge on any atom is -0.484 e. The number of carbonyl (C=O) groups is 3. The molecule has 2 heterocycles. The zero-order valence-corrected chi connectivity index (χ0v) is 23.8. The molecule has 0 aliphatic carbocycles. The lowest BCUT2D eigenvalue weighted by Crippen LogP contribution is -2.17. The van der Waals surface area contributed by atoms with Crippen molar-refractivity contribution < 1.29 is 33.0 Å². The number of nitrogens with one attached hydrogen (secondary N) is 1. The van der Waals surface area contributed by atoms with Crippen molar-refractivity contribution in [1.82, 2.24) is 14.8 Å². The van der Waals surface area contributed by atoms with E-state index in [0.717, 1.165) is 29.2 Å². The fourth-order valence-corrected chi connectivity index (χ4v) is 5.41. The van der Waals surface area contributed by atoms with Crippen molar-refractivity contribution in [2.75, 3.05) is 24.3 Å². The predicted molar refractivity (Wildman–Crippen MR) is 146 cm³/mol. The number of esters is 2. The molecule has 1 amide bonds. The third-order valence-corrected chi connectivity index (χ3v) is 7.48. The quantitative estimate of drug-likeness (QED) is 0.159. The van der Waals surface area contributed by atoms with Crippen molar-refractivity contribution >= 4 is 57.5 Å². The van der Waals surface area contributed by atoms with E-state index in [9.17, 15) is 18.8 Å². The number of hydrogen-bond donors (Lipinski definition) is 1. The summed E-state index contributed by atoms with van der Waals surface area (Å²) in [4.78, 5) is 38.0. The van der Waals surface area contributed by atoms with Gasteiger partial charge in [-0.2, -0.15) is 0 Å². The average Bonchev–Trinajstić information content (AvgIpc) is 3.42. The Hall–Kier alpha value is -3.42. The Labute approximate surface area is 237 Å². The molecular weight excluding hydrogens is 571 g/mol. The van der Waals surface area contributed by atoms with Gasteiger partial charge >= 0.3 is 11.9 Å². The van der Waals surface area contributed by atoms with Gasteiger partial charge in [-0.25, -0.2) is 14.0 Å². The number of benzene rings is 1. The van der Waals surface area contributed by atoms with Crippen LogP contribution in [0.15, 0.2) is 36.0 Å². The highest BCUT2D eigenvalue weighted by Crippen LogP contribution is 2.34. The highest BCUT2D eigenvalue weighted by molar-refractivity contribution is 7.99. The molecule has 0 aliphatic heterocycles. The van der Waals surface area contributed by atoms with Crippen LogP contribution in [0, 0.1) is 12.7 Å². The van der Waals surface area contributed by atoms with Gasteiger partial charge in [-0.1, -0.05) is 29.4 Å². The standard InChI is InChI=1S/C25H26ClFN4O6S2/c1-5-10-31-18(12-37-17-9-8-15(27)11-16(17)26)29-30-25(31)38-13-19(32)28-22-20(23(33)35-6-2)14(4)21(39-22)24(34)36-7-3/h5,8-9,11H,1,6-7,10,12-13H2,2-4H3,(H,28,32). The summed E-state index contributed by atoms with van der Waals surface area (Å²) in [5.41, 5.74) is 0.480. The lowest BCUT2D eigenvalue weighted by Gasteiger charge is -2.10. The third kappa shape index (κ3) is 7.58. The van der Waals surface area contributed by atoms with E-state index in [1.165, 1.54) is 12.1 Å². The number of ether oxygens (including phenoxy) is 3. The molecule has 0 bridgehead atoms. The smallest absolute Gasteiger partial charge is 0.348 e. The van der Waals surface area contributed by atoms with Crippen LogP contribution in [0.4, 0.5) is 9.39 Å². The van der Waals surface area contributed by atoms with E-state index < -0.39 is 23.7 Å². The molecule has 0 spiro atoms. The summed E-state index contributed by atoms with van der Waals surface area (Å²) in [7, 11) is 0. The molecule has 0 aliphatic rings. The van der Waals surface area contributed by atoms with Crippen molar-refractivity contribution in [3.63, 3.8) is 0 Å². The van der Waals surface area contributed by atoms with Gasteiger partial charge in [0.25, 0.3) is 0 Å². The number of carbonyl (C=O) groups excluding carboxylic acids is 3. The monoisotopic (exact) mass is 596 g/mol. The van der Waals surface area contributed by atoms with Crippen LogP contribution in [-0.2, 0) is 27.4 Å². The molecule has 0 atom stereocenters. The third-order valence-electron chi connectivity index (χ3n) is 5.03. The molecule has 0 unspecified atom stereocenters. The van der Waals surface area contributed by atoms with Crippen LogP contribution in [0.3, 0.4) is 0 Å². The van der Waals surface area contributed by atoms with Crippen LogP contribution in [0.1, 0.15) is 45.3 Å². The Kier molecular flexibility index (Phi) is 10.9. The molecule has 10 nitrogen and oxygen atoms in total. The topological polar surface area (TPSA) is 122 Å². The number of anilines is 1. The highest BCUT2D eigenvalue weighted by atomic mass is 35.5. The summed E-state index contributed by atoms with van der Waals surface area (Å²) in [6.45, 7) is 9.30. The first-order valence-corrected chi connectivity index (χ1v) is 13.9. The van der Waals surface area contributed by atoms with Crippen molar-refractivity contribution in [3.05, 3.63) is 63.5 Å². The number of nitrogens with zero attached hydrogens (tertiary/aromatic N) is 3. The summed E-state index contributed by atoms with van der Waals surface area (Å²) in [6.07, 6.45) is 1.64. The van der Waals surface area contributed by atoms with Gasteiger partial charge < -0.3 is 19.5 Å². The normalized spacial score (nSPS) is 10.7.